The molecule has 0 atom stereocenters. The van der Waals surface area contributed by atoms with Crippen LogP contribution in [0.25, 0.3) is 22.4 Å². The van der Waals surface area contributed by atoms with Crippen LogP contribution in [0.5, 0.6) is 0 Å². The van der Waals surface area contributed by atoms with Gasteiger partial charge >= 0.3 is 0 Å². The number of amides is 2. The number of nitrogens with one attached hydrogen (secondary N) is 1. The number of nitrogens with two attached hydrogens (primary N) is 1. The Hall–Kier alpha value is -3.58. The van der Waals surface area contributed by atoms with Gasteiger partial charge in [-0.05, 0) is 61.4 Å². The molecule has 0 spiro atoms. The van der Waals surface area contributed by atoms with Crippen molar-refractivity contribution < 1.29 is 9.59 Å². The molecule has 7 nitrogen and oxygen atoms in total. The van der Waals surface area contributed by atoms with Crippen LogP contribution in [-0.2, 0) is 15.1 Å². The summed E-state index contributed by atoms with van der Waals surface area (Å²) in [6.45, 7) is 3.12. The fraction of sp³-hybridized carbons (Fsp3) is 0.419. The molecule has 0 unspecified atom stereocenters. The molecule has 3 aromatic rings. The molecule has 7 heteroatoms. The van der Waals surface area contributed by atoms with Crippen LogP contribution in [0.15, 0.2) is 60.9 Å². The zero-order chi connectivity index (χ0) is 27.1. The minimum Gasteiger partial charge on any atom is -0.343 e. The maximum absolute atomic E-state index is 11.4. The van der Waals surface area contributed by atoms with Crippen molar-refractivity contribution in [3.8, 4) is 22.4 Å². The summed E-state index contributed by atoms with van der Waals surface area (Å²) in [5.74, 6) is 0.566. The molecule has 2 amide bonds. The Labute approximate surface area is 225 Å². The van der Waals surface area contributed by atoms with Crippen LogP contribution in [0.1, 0.15) is 70.8 Å². The van der Waals surface area contributed by atoms with Gasteiger partial charge in [0.15, 0.2) is 0 Å². The van der Waals surface area contributed by atoms with E-state index >= 15 is 0 Å². The number of rotatable bonds is 5. The molecule has 0 radical (unpaired) electrons. The van der Waals surface area contributed by atoms with Gasteiger partial charge in [-0.1, -0.05) is 49.6 Å². The second-order valence-corrected chi connectivity index (χ2v) is 10.5. The summed E-state index contributed by atoms with van der Waals surface area (Å²) in [7, 11) is 1.92. The molecule has 0 saturated heterocycles. The predicted molar refractivity (Wildman–Crippen MR) is 152 cm³/mol. The molecule has 1 aromatic carbocycles. The normalized spacial score (nSPS) is 16.4. The Kier molecular flexibility index (Phi) is 8.89. The first-order chi connectivity index (χ1) is 18.3. The van der Waals surface area contributed by atoms with Gasteiger partial charge in [0.2, 0.25) is 11.8 Å². The number of hydrogen-bond donors (Lipinski definition) is 2. The highest BCUT2D eigenvalue weighted by Gasteiger charge is 2.34. The van der Waals surface area contributed by atoms with Crippen LogP contribution in [-0.4, -0.2) is 39.8 Å². The Bertz CT molecular complexity index is 1230. The van der Waals surface area contributed by atoms with Crippen molar-refractivity contribution in [1.29, 1.82) is 0 Å². The van der Waals surface area contributed by atoms with Crippen LogP contribution in [0, 0.1) is 0 Å². The van der Waals surface area contributed by atoms with E-state index in [4.69, 9.17) is 5.73 Å². The van der Waals surface area contributed by atoms with Crippen LogP contribution in [0.4, 0.5) is 5.82 Å². The second kappa shape index (κ2) is 12.3. The van der Waals surface area contributed by atoms with Crippen molar-refractivity contribution in [1.82, 2.24) is 14.9 Å². The van der Waals surface area contributed by atoms with E-state index in [1.165, 1.54) is 51.0 Å². The molecule has 200 valence electrons. The molecular weight excluding hydrogens is 474 g/mol. The van der Waals surface area contributed by atoms with Gasteiger partial charge in [-0.15, -0.1) is 0 Å². The summed E-state index contributed by atoms with van der Waals surface area (Å²) in [5, 5.41) is 2.74. The molecule has 5 rings (SSSR count). The highest BCUT2D eigenvalue weighted by Crippen LogP contribution is 2.40. The maximum atomic E-state index is 11.4. The fourth-order valence-electron chi connectivity index (χ4n) is 5.22. The lowest BCUT2D eigenvalue weighted by atomic mass is 9.72. The Morgan fingerprint density at radius 3 is 2.21 bits per heavy atom. The number of pyridine rings is 2. The molecule has 2 saturated carbocycles. The van der Waals surface area contributed by atoms with Gasteiger partial charge in [-0.25, -0.2) is 4.98 Å². The summed E-state index contributed by atoms with van der Waals surface area (Å²) in [6, 6.07) is 16.6. The van der Waals surface area contributed by atoms with Crippen LogP contribution in [0.3, 0.4) is 0 Å². The van der Waals surface area contributed by atoms with Gasteiger partial charge in [-0.2, -0.15) is 0 Å². The SMILES string of the molecule is CC(=O)N(C)C1CCCCC1.CC(=O)Nc1cc(-c2ccccn2)c(-c2ccc(C3(N)CCC3)cc2)cn1. The molecule has 2 heterocycles. The van der Waals surface area contributed by atoms with E-state index in [0.717, 1.165) is 35.2 Å². The van der Waals surface area contributed by atoms with E-state index in [-0.39, 0.29) is 17.4 Å². The van der Waals surface area contributed by atoms with Gasteiger partial charge in [-0.3, -0.25) is 14.6 Å². The van der Waals surface area contributed by atoms with Gasteiger partial charge in [0, 0.05) is 56.0 Å². The summed E-state index contributed by atoms with van der Waals surface area (Å²) >= 11 is 0. The highest BCUT2D eigenvalue weighted by atomic mass is 16.2. The number of carbonyl (C=O) groups excluding carboxylic acids is 2. The third-order valence-corrected chi connectivity index (χ3v) is 7.78. The van der Waals surface area contributed by atoms with Crippen molar-refractivity contribution in [3.05, 3.63) is 66.5 Å². The lowest BCUT2D eigenvalue weighted by molar-refractivity contribution is -0.130. The molecule has 0 aliphatic heterocycles. The number of benzene rings is 1. The minimum atomic E-state index is -0.171. The highest BCUT2D eigenvalue weighted by molar-refractivity contribution is 5.90. The zero-order valence-corrected chi connectivity index (χ0v) is 22.7. The average molecular weight is 514 g/mol. The predicted octanol–water partition coefficient (Wildman–Crippen LogP) is 5.90. The van der Waals surface area contributed by atoms with Crippen LogP contribution >= 0.6 is 0 Å². The number of aromatic nitrogens is 2. The number of hydrogen-bond acceptors (Lipinski definition) is 5. The van der Waals surface area contributed by atoms with Gasteiger partial charge in [0.25, 0.3) is 0 Å². The Morgan fingerprint density at radius 2 is 1.66 bits per heavy atom. The third kappa shape index (κ3) is 6.64. The summed E-state index contributed by atoms with van der Waals surface area (Å²) in [5.41, 5.74) is 11.2. The van der Waals surface area contributed by atoms with Crippen molar-refractivity contribution in [2.45, 2.75) is 76.8 Å². The van der Waals surface area contributed by atoms with E-state index in [1.807, 2.05) is 36.2 Å². The van der Waals surface area contributed by atoms with Gasteiger partial charge in [0.05, 0.1) is 5.69 Å². The quantitative estimate of drug-likeness (QED) is 0.442. The molecule has 38 heavy (non-hydrogen) atoms. The first kappa shape index (κ1) is 27.5. The van der Waals surface area contributed by atoms with Crippen molar-refractivity contribution in [3.63, 3.8) is 0 Å². The lowest BCUT2D eigenvalue weighted by Gasteiger charge is -2.38. The van der Waals surface area contributed by atoms with E-state index in [2.05, 4.69) is 39.6 Å². The molecule has 2 aliphatic carbocycles. The molecule has 2 fully saturated rings. The number of nitrogens with zero attached hydrogens (tertiary/aromatic N) is 3. The van der Waals surface area contributed by atoms with Gasteiger partial charge < -0.3 is 16.0 Å². The summed E-state index contributed by atoms with van der Waals surface area (Å²) < 4.78 is 0. The molecule has 3 N–H and O–H groups in total. The van der Waals surface area contributed by atoms with Crippen LogP contribution < -0.4 is 11.1 Å². The van der Waals surface area contributed by atoms with Crippen molar-refractivity contribution >= 4 is 17.6 Å². The smallest absolute Gasteiger partial charge is 0.222 e. The summed E-state index contributed by atoms with van der Waals surface area (Å²) in [6.07, 6.45) is 13.2. The van der Waals surface area contributed by atoms with Crippen LogP contribution in [0.2, 0.25) is 0 Å². The monoisotopic (exact) mass is 513 g/mol. The maximum Gasteiger partial charge on any atom is 0.222 e. The molecule has 2 aliphatic rings. The second-order valence-electron chi connectivity index (χ2n) is 10.5. The molecular formula is C31H39N5O2. The largest absolute Gasteiger partial charge is 0.343 e. The average Bonchev–Trinajstić information content (AvgIpc) is 2.92. The standard InChI is InChI=1S/C22H22N4O.C9H17NO/c1-15(27)26-21-13-18(20-5-2-3-12-24-20)19(14-25-21)16-6-8-17(9-7-16)22(23)10-4-11-22;1-8(11)10(2)9-6-4-3-5-7-9/h2-3,5-9,12-14H,4,10-11,23H2,1H3,(H,25,26,27);9H,3-7H2,1-2H3. The summed E-state index contributed by atoms with van der Waals surface area (Å²) in [4.78, 5) is 33.1. The topological polar surface area (TPSA) is 101 Å². The molecule has 2 aromatic heterocycles. The first-order valence-electron chi connectivity index (χ1n) is 13.6. The van der Waals surface area contributed by atoms with E-state index in [0.29, 0.717) is 11.9 Å². The lowest BCUT2D eigenvalue weighted by Crippen LogP contribution is -2.43. The van der Waals surface area contributed by atoms with Gasteiger partial charge in [0.1, 0.15) is 5.82 Å². The van der Waals surface area contributed by atoms with Crippen molar-refractivity contribution in [2.75, 3.05) is 12.4 Å². The minimum absolute atomic E-state index is 0.152. The number of carbonyl (C=O) groups is 2. The van der Waals surface area contributed by atoms with E-state index < -0.39 is 0 Å². The first-order valence-corrected chi connectivity index (χ1v) is 13.6. The molecule has 0 bridgehead atoms. The van der Waals surface area contributed by atoms with E-state index in [1.54, 1.807) is 19.3 Å². The third-order valence-electron chi connectivity index (χ3n) is 7.78. The Balaban J connectivity index is 0.000000257. The fourth-order valence-corrected chi connectivity index (χ4v) is 5.22. The Morgan fingerprint density at radius 1 is 0.947 bits per heavy atom. The number of anilines is 1. The van der Waals surface area contributed by atoms with Crippen molar-refractivity contribution in [2.24, 2.45) is 5.73 Å². The zero-order valence-electron chi connectivity index (χ0n) is 22.7. The van der Waals surface area contributed by atoms with E-state index in [9.17, 15) is 9.59 Å².